The molecule has 1 aliphatic heterocycles. The number of halogens is 2. The van der Waals surface area contributed by atoms with Crippen LogP contribution in [0.3, 0.4) is 0 Å². The van der Waals surface area contributed by atoms with Crippen LogP contribution in [0.25, 0.3) is 0 Å². The van der Waals surface area contributed by atoms with E-state index < -0.39 is 0 Å². The first kappa shape index (κ1) is 25.4. The molecule has 6 heteroatoms. The standard InChI is InChI=1S/C23H31N3O.2ClH/c1-18(22(24)21-11-7-4-8-12-21)23(27)25(2)15-20-13-14-26(17-20)16-19-9-5-3-6-10-19;;/h3-12,18,20,22H,13-17,24H2,1-2H3;2*1H. The molecule has 29 heavy (non-hydrogen) atoms. The summed E-state index contributed by atoms with van der Waals surface area (Å²) in [6, 6.07) is 20.2. The first-order valence-electron chi connectivity index (χ1n) is 9.86. The van der Waals surface area contributed by atoms with Crippen molar-refractivity contribution in [1.82, 2.24) is 9.80 Å². The summed E-state index contributed by atoms with van der Waals surface area (Å²) in [6.07, 6.45) is 1.14. The van der Waals surface area contributed by atoms with Crippen LogP contribution in [0.2, 0.25) is 0 Å². The predicted octanol–water partition coefficient (Wildman–Crippen LogP) is 4.15. The zero-order valence-electron chi connectivity index (χ0n) is 17.2. The average Bonchev–Trinajstić information content (AvgIpc) is 3.14. The fraction of sp³-hybridized carbons (Fsp3) is 0.435. The zero-order chi connectivity index (χ0) is 19.2. The quantitative estimate of drug-likeness (QED) is 0.707. The number of amides is 1. The summed E-state index contributed by atoms with van der Waals surface area (Å²) in [5, 5.41) is 0. The molecule has 4 nitrogen and oxygen atoms in total. The predicted molar refractivity (Wildman–Crippen MR) is 124 cm³/mol. The van der Waals surface area contributed by atoms with Gasteiger partial charge in [-0.3, -0.25) is 9.69 Å². The van der Waals surface area contributed by atoms with E-state index in [2.05, 4.69) is 35.2 Å². The van der Waals surface area contributed by atoms with Gasteiger partial charge in [0.05, 0.1) is 5.92 Å². The van der Waals surface area contributed by atoms with Gasteiger partial charge >= 0.3 is 0 Å². The highest BCUT2D eigenvalue weighted by molar-refractivity contribution is 5.85. The molecule has 1 saturated heterocycles. The molecule has 0 saturated carbocycles. The number of carbonyl (C=O) groups is 1. The highest BCUT2D eigenvalue weighted by Crippen LogP contribution is 2.23. The second-order valence-corrected chi connectivity index (χ2v) is 7.82. The number of hydrogen-bond donors (Lipinski definition) is 1. The maximum absolute atomic E-state index is 12.9. The monoisotopic (exact) mass is 437 g/mol. The van der Waals surface area contributed by atoms with E-state index in [1.807, 2.05) is 49.2 Å². The molecular formula is C23H33Cl2N3O. The molecule has 1 fully saturated rings. The molecule has 0 radical (unpaired) electrons. The number of nitrogens with two attached hydrogens (primary N) is 1. The van der Waals surface area contributed by atoms with Gasteiger partial charge in [0.25, 0.3) is 0 Å². The van der Waals surface area contributed by atoms with Crippen LogP contribution in [-0.2, 0) is 11.3 Å². The number of likely N-dealkylation sites (tertiary alicyclic amines) is 1. The Morgan fingerprint density at radius 1 is 1.10 bits per heavy atom. The van der Waals surface area contributed by atoms with E-state index in [-0.39, 0.29) is 42.7 Å². The summed E-state index contributed by atoms with van der Waals surface area (Å²) in [4.78, 5) is 17.2. The van der Waals surface area contributed by atoms with Crippen molar-refractivity contribution in [3.05, 3.63) is 71.8 Å². The number of hydrogen-bond acceptors (Lipinski definition) is 3. The van der Waals surface area contributed by atoms with E-state index in [9.17, 15) is 4.79 Å². The molecule has 1 aliphatic rings. The molecular weight excluding hydrogens is 405 g/mol. The largest absolute Gasteiger partial charge is 0.345 e. The molecule has 0 aliphatic carbocycles. The lowest BCUT2D eigenvalue weighted by atomic mass is 9.94. The van der Waals surface area contributed by atoms with Gasteiger partial charge in [0.15, 0.2) is 0 Å². The van der Waals surface area contributed by atoms with Crippen molar-refractivity contribution in [3.8, 4) is 0 Å². The first-order valence-corrected chi connectivity index (χ1v) is 9.86. The van der Waals surface area contributed by atoms with Crippen LogP contribution < -0.4 is 5.73 Å². The highest BCUT2D eigenvalue weighted by atomic mass is 35.5. The third kappa shape index (κ3) is 7.00. The van der Waals surface area contributed by atoms with E-state index >= 15 is 0 Å². The SMILES string of the molecule is CC(C(=O)N(C)CC1CCN(Cc2ccccc2)C1)C(N)c1ccccc1.Cl.Cl. The molecule has 2 aromatic carbocycles. The molecule has 160 valence electrons. The number of carbonyl (C=O) groups excluding carboxylic acids is 1. The molecule has 0 spiro atoms. The highest BCUT2D eigenvalue weighted by Gasteiger charge is 2.29. The molecule has 3 atom stereocenters. The zero-order valence-corrected chi connectivity index (χ0v) is 18.9. The minimum atomic E-state index is -0.265. The number of nitrogens with zero attached hydrogens (tertiary/aromatic N) is 2. The topological polar surface area (TPSA) is 49.6 Å². The van der Waals surface area contributed by atoms with Crippen molar-refractivity contribution in [2.75, 3.05) is 26.7 Å². The average molecular weight is 438 g/mol. The summed E-state index contributed by atoms with van der Waals surface area (Å²) in [5.74, 6) is 0.440. The van der Waals surface area contributed by atoms with Crippen molar-refractivity contribution in [3.63, 3.8) is 0 Å². The lowest BCUT2D eigenvalue weighted by molar-refractivity contribution is -0.134. The Hall–Kier alpha value is -1.59. The Morgan fingerprint density at radius 2 is 1.69 bits per heavy atom. The lowest BCUT2D eigenvalue weighted by Crippen LogP contribution is -2.39. The Balaban J connectivity index is 0.00000210. The van der Waals surface area contributed by atoms with Crippen molar-refractivity contribution >= 4 is 30.7 Å². The van der Waals surface area contributed by atoms with Gasteiger partial charge in [-0.2, -0.15) is 0 Å². The lowest BCUT2D eigenvalue weighted by Gasteiger charge is -2.27. The molecule has 3 rings (SSSR count). The Labute approximate surface area is 187 Å². The Bertz CT molecular complexity index is 729. The fourth-order valence-electron chi connectivity index (χ4n) is 3.99. The smallest absolute Gasteiger partial charge is 0.227 e. The molecule has 2 aromatic rings. The van der Waals surface area contributed by atoms with Crippen LogP contribution in [0.5, 0.6) is 0 Å². The number of rotatable bonds is 7. The van der Waals surface area contributed by atoms with E-state index in [4.69, 9.17) is 5.73 Å². The minimum Gasteiger partial charge on any atom is -0.345 e. The van der Waals surface area contributed by atoms with E-state index in [0.717, 1.165) is 38.2 Å². The second-order valence-electron chi connectivity index (χ2n) is 7.82. The minimum absolute atomic E-state index is 0. The molecule has 0 bridgehead atoms. The van der Waals surface area contributed by atoms with Crippen LogP contribution in [0.15, 0.2) is 60.7 Å². The van der Waals surface area contributed by atoms with Gasteiger partial charge in [-0.25, -0.2) is 0 Å². The molecule has 0 aromatic heterocycles. The second kappa shape index (κ2) is 12.2. The summed E-state index contributed by atoms with van der Waals surface area (Å²) in [5.41, 5.74) is 8.70. The van der Waals surface area contributed by atoms with Crippen LogP contribution in [0.4, 0.5) is 0 Å². The van der Waals surface area contributed by atoms with Gasteiger partial charge in [-0.1, -0.05) is 67.6 Å². The van der Waals surface area contributed by atoms with Crippen LogP contribution in [-0.4, -0.2) is 42.4 Å². The van der Waals surface area contributed by atoms with Crippen molar-refractivity contribution in [2.24, 2.45) is 17.6 Å². The van der Waals surface area contributed by atoms with Gasteiger partial charge in [-0.15, -0.1) is 24.8 Å². The summed E-state index contributed by atoms with van der Waals surface area (Å²) in [7, 11) is 1.91. The van der Waals surface area contributed by atoms with Gasteiger partial charge in [0.2, 0.25) is 5.91 Å². The van der Waals surface area contributed by atoms with Gasteiger partial charge < -0.3 is 10.6 Å². The molecule has 3 unspecified atom stereocenters. The molecule has 1 amide bonds. The third-order valence-electron chi connectivity index (χ3n) is 5.64. The normalized spacial score (nSPS) is 18.2. The number of benzene rings is 2. The van der Waals surface area contributed by atoms with Crippen LogP contribution >= 0.6 is 24.8 Å². The maximum Gasteiger partial charge on any atom is 0.227 e. The van der Waals surface area contributed by atoms with Crippen molar-refractivity contribution < 1.29 is 4.79 Å². The van der Waals surface area contributed by atoms with Crippen molar-refractivity contribution in [1.29, 1.82) is 0 Å². The van der Waals surface area contributed by atoms with Gasteiger partial charge in [0, 0.05) is 32.7 Å². The van der Waals surface area contributed by atoms with Crippen LogP contribution in [0.1, 0.15) is 30.5 Å². The molecule has 2 N–H and O–H groups in total. The third-order valence-corrected chi connectivity index (χ3v) is 5.64. The molecule has 1 heterocycles. The Morgan fingerprint density at radius 3 is 2.31 bits per heavy atom. The maximum atomic E-state index is 12.9. The van der Waals surface area contributed by atoms with Crippen molar-refractivity contribution in [2.45, 2.75) is 25.9 Å². The summed E-state index contributed by atoms with van der Waals surface area (Å²) >= 11 is 0. The summed E-state index contributed by atoms with van der Waals surface area (Å²) in [6.45, 7) is 5.87. The van der Waals surface area contributed by atoms with Gasteiger partial charge in [0.1, 0.15) is 0 Å². The van der Waals surface area contributed by atoms with Gasteiger partial charge in [-0.05, 0) is 30.0 Å². The van der Waals surface area contributed by atoms with E-state index in [0.29, 0.717) is 5.92 Å². The fourth-order valence-corrected chi connectivity index (χ4v) is 3.99. The Kier molecular flexibility index (Phi) is 10.7. The first-order chi connectivity index (χ1) is 13.0. The van der Waals surface area contributed by atoms with E-state index in [1.165, 1.54) is 5.56 Å². The van der Waals surface area contributed by atoms with E-state index in [1.54, 1.807) is 0 Å². The van der Waals surface area contributed by atoms with Crippen LogP contribution in [0, 0.1) is 11.8 Å². The summed E-state index contributed by atoms with van der Waals surface area (Å²) < 4.78 is 0.